The highest BCUT2D eigenvalue weighted by Crippen LogP contribution is 2.27. The molecule has 0 fully saturated rings. The van der Waals surface area contributed by atoms with E-state index in [1.165, 1.54) is 0 Å². The number of aliphatic hydroxyl groups excluding tert-OH is 1. The van der Waals surface area contributed by atoms with Crippen LogP contribution in [0.15, 0.2) is 18.2 Å². The van der Waals surface area contributed by atoms with Gasteiger partial charge in [-0.2, -0.15) is 0 Å². The predicted octanol–water partition coefficient (Wildman–Crippen LogP) is 0.772. The normalized spacial score (nSPS) is 20.4. The Balaban J connectivity index is 0.00000361. The summed E-state index contributed by atoms with van der Waals surface area (Å²) in [5, 5.41) is 27.9. The summed E-state index contributed by atoms with van der Waals surface area (Å²) in [5.41, 5.74) is -0.165. The van der Waals surface area contributed by atoms with Crippen molar-refractivity contribution in [2.75, 3.05) is 13.5 Å². The minimum absolute atomic E-state index is 0. The first-order valence-electron chi connectivity index (χ1n) is 6.42. The van der Waals surface area contributed by atoms with E-state index in [4.69, 9.17) is 13.4 Å². The van der Waals surface area contributed by atoms with Crippen LogP contribution in [0.2, 0.25) is 1.41 Å². The minimum atomic E-state index is -3.05. The number of hydrogen-bond acceptors (Lipinski definition) is 4. The van der Waals surface area contributed by atoms with Crippen LogP contribution in [-0.2, 0) is 0 Å². The maximum Gasteiger partial charge on any atom is 0.157 e. The molecule has 1 atom stereocenters. The number of likely N-dealkylation sites (N-methyl/N-ethyl adjacent to an activating group) is 1. The average molecular weight is 226 g/mol. The molecule has 1 rings (SSSR count). The fraction of sp³-hybridized carbons (Fsp3) is 0.333. The van der Waals surface area contributed by atoms with Crippen molar-refractivity contribution in [3.63, 3.8) is 0 Å². The van der Waals surface area contributed by atoms with Crippen LogP contribution in [0, 0.1) is 0 Å². The van der Waals surface area contributed by atoms with Crippen molar-refractivity contribution < 1.29 is 23.6 Å². The van der Waals surface area contributed by atoms with Crippen molar-refractivity contribution >= 4 is 12.4 Å². The molecule has 1 aromatic rings. The molecule has 4 N–H and O–H groups in total. The van der Waals surface area contributed by atoms with Gasteiger partial charge in [-0.1, -0.05) is 6.07 Å². The average Bonchev–Trinajstić information content (AvgIpc) is 2.29. The first-order valence-corrected chi connectivity index (χ1v) is 3.47. The standard InChI is InChI=1S/C9H13NO3.ClH/c1-10-5-9(13)6-2-3-7(11)8(12)4-6;/h2-4,9-13H,5H2,1H3;1H/i1D3,5D2;/hD. The van der Waals surface area contributed by atoms with Gasteiger partial charge in [-0.25, -0.2) is 0 Å². The Morgan fingerprint density at radius 1 is 1.57 bits per heavy atom. The summed E-state index contributed by atoms with van der Waals surface area (Å²) < 4.78 is 43.1. The third kappa shape index (κ3) is 3.06. The molecule has 4 nitrogen and oxygen atoms in total. The molecular weight excluding hydrogens is 206 g/mol. The molecule has 0 spiro atoms. The number of aromatic hydroxyl groups is 2. The molecule has 0 heterocycles. The lowest BCUT2D eigenvalue weighted by molar-refractivity contribution is 0.177. The van der Waals surface area contributed by atoms with E-state index in [1.807, 2.05) is 0 Å². The zero-order chi connectivity index (χ0) is 15.0. The van der Waals surface area contributed by atoms with Crippen LogP contribution in [0.3, 0.4) is 0 Å². The van der Waals surface area contributed by atoms with Crippen LogP contribution in [0.1, 0.15) is 18.5 Å². The molecular formula is C9H14ClNO3. The molecule has 0 saturated heterocycles. The van der Waals surface area contributed by atoms with Gasteiger partial charge in [0.25, 0.3) is 0 Å². The summed E-state index contributed by atoms with van der Waals surface area (Å²) in [6.07, 6.45) is -1.99. The molecule has 0 aliphatic carbocycles. The van der Waals surface area contributed by atoms with E-state index in [0.29, 0.717) is 0 Å². The second-order valence-corrected chi connectivity index (χ2v) is 2.39. The Morgan fingerprint density at radius 2 is 2.29 bits per heavy atom. The third-order valence-corrected chi connectivity index (χ3v) is 1.50. The molecule has 5 heteroatoms. The summed E-state index contributed by atoms with van der Waals surface area (Å²) in [4.78, 5) is 0. The highest BCUT2D eigenvalue weighted by Gasteiger charge is 2.08. The molecule has 0 amide bonds. The maximum absolute atomic E-state index is 9.82. The van der Waals surface area contributed by atoms with Crippen molar-refractivity contribution in [2.24, 2.45) is 0 Å². The molecule has 1 unspecified atom stereocenters. The summed E-state index contributed by atoms with van der Waals surface area (Å²) in [6.45, 7) is -5.96. The van der Waals surface area contributed by atoms with Crippen LogP contribution < -0.4 is 5.31 Å². The molecule has 0 saturated carbocycles. The van der Waals surface area contributed by atoms with Gasteiger partial charge in [0.15, 0.2) is 11.5 Å². The van der Waals surface area contributed by atoms with Crippen LogP contribution in [0.4, 0.5) is 0 Å². The van der Waals surface area contributed by atoms with Crippen molar-refractivity contribution in [3.8, 4) is 11.5 Å². The Labute approximate surface area is 97.1 Å². The highest BCUT2D eigenvalue weighted by atomic mass is 35.5. The van der Waals surface area contributed by atoms with Crippen molar-refractivity contribution in [3.05, 3.63) is 23.8 Å². The van der Waals surface area contributed by atoms with Gasteiger partial charge in [0, 0.05) is 13.4 Å². The highest BCUT2D eigenvalue weighted by molar-refractivity contribution is 5.85. The topological polar surface area (TPSA) is 72.7 Å². The van der Waals surface area contributed by atoms with Gasteiger partial charge >= 0.3 is 0 Å². The lowest BCUT2D eigenvalue weighted by atomic mass is 10.1. The van der Waals surface area contributed by atoms with Crippen molar-refractivity contribution in [1.82, 2.24) is 5.31 Å². The van der Waals surface area contributed by atoms with Crippen LogP contribution in [0.25, 0.3) is 0 Å². The number of halogens is 1. The number of aliphatic hydroxyl groups is 1. The van der Waals surface area contributed by atoms with Crippen LogP contribution in [-0.4, -0.2) is 28.8 Å². The number of benzene rings is 1. The smallest absolute Gasteiger partial charge is 0.157 e. The zero-order valence-electron chi connectivity index (χ0n) is 13.0. The van der Waals surface area contributed by atoms with Gasteiger partial charge in [0.05, 0.1) is 6.10 Å². The number of nitrogens with one attached hydrogen (secondary N) is 1. The molecule has 1 aromatic carbocycles. The number of phenolic OH excluding ortho intramolecular Hbond substituents is 2. The predicted molar refractivity (Wildman–Crippen MR) is 55.9 cm³/mol. The molecule has 0 radical (unpaired) electrons. The van der Waals surface area contributed by atoms with E-state index in [2.05, 4.69) is 0 Å². The fourth-order valence-corrected chi connectivity index (χ4v) is 0.846. The van der Waals surface area contributed by atoms with Crippen LogP contribution >= 0.6 is 12.4 Å². The molecule has 0 aliphatic rings. The van der Waals surface area contributed by atoms with Gasteiger partial charge in [0.2, 0.25) is 0 Å². The molecule has 0 bridgehead atoms. The largest absolute Gasteiger partial charge is 0.504 e. The summed E-state index contributed by atoms with van der Waals surface area (Å²) in [7, 11) is 0. The van der Waals surface area contributed by atoms with E-state index >= 15 is 0 Å². The summed E-state index contributed by atoms with van der Waals surface area (Å²) in [5.74, 6) is -1.05. The van der Waals surface area contributed by atoms with Crippen molar-refractivity contribution in [2.45, 2.75) is 6.10 Å². The Kier molecular flexibility index (Phi) is 2.36. The summed E-state index contributed by atoms with van der Waals surface area (Å²) in [6, 6.07) is 3.03. The van der Waals surface area contributed by atoms with Gasteiger partial charge in [-0.05, 0) is 24.7 Å². The zero-order valence-corrected chi connectivity index (χ0v) is 7.82. The van der Waals surface area contributed by atoms with E-state index < -0.39 is 31.1 Å². The fourth-order valence-electron chi connectivity index (χ4n) is 0.846. The molecule has 0 aliphatic heterocycles. The van der Waals surface area contributed by atoms with Crippen LogP contribution in [0.5, 0.6) is 11.5 Å². The molecule has 14 heavy (non-hydrogen) atoms. The molecule has 0 aromatic heterocycles. The quantitative estimate of drug-likeness (QED) is 0.574. The summed E-state index contributed by atoms with van der Waals surface area (Å²) >= 11 is 0. The second kappa shape index (κ2) is 5.70. The van der Waals surface area contributed by atoms with Crippen molar-refractivity contribution in [1.29, 1.82) is 0 Å². The number of hydrogen-bond donors (Lipinski definition) is 4. The second-order valence-electron chi connectivity index (χ2n) is 2.39. The van der Waals surface area contributed by atoms with Gasteiger partial charge in [-0.3, -0.25) is 0 Å². The molecule has 80 valence electrons. The van der Waals surface area contributed by atoms with E-state index in [-0.39, 0.29) is 23.3 Å². The lowest BCUT2D eigenvalue weighted by Crippen LogP contribution is -2.16. The minimum Gasteiger partial charge on any atom is -0.504 e. The number of phenols is 2. The SMILES string of the molecule is Cl.[2H]N(C([2H])([2H])[2H])C([2H])([2H])C(O)c1ccc(O)c(O)c1. The number of rotatable bonds is 3. The Hall–Kier alpha value is -0.970. The van der Waals surface area contributed by atoms with Gasteiger partial charge in [0.1, 0.15) is 1.41 Å². The third-order valence-electron chi connectivity index (χ3n) is 1.50. The Morgan fingerprint density at radius 3 is 2.86 bits per heavy atom. The first-order chi connectivity index (χ1) is 8.48. The van der Waals surface area contributed by atoms with Gasteiger partial charge < -0.3 is 20.6 Å². The van der Waals surface area contributed by atoms with E-state index in [9.17, 15) is 10.2 Å². The van der Waals surface area contributed by atoms with E-state index in [1.54, 1.807) is 0 Å². The first kappa shape index (κ1) is 5.80. The Bertz CT molecular complexity index is 469. The monoisotopic (exact) mass is 225 g/mol. The maximum atomic E-state index is 9.82. The van der Waals surface area contributed by atoms with E-state index in [0.717, 1.165) is 18.2 Å². The van der Waals surface area contributed by atoms with Gasteiger partial charge in [-0.15, -0.1) is 12.4 Å². The lowest BCUT2D eigenvalue weighted by Gasteiger charge is -2.10.